The summed E-state index contributed by atoms with van der Waals surface area (Å²) in [6.45, 7) is 0. The fourth-order valence-electron chi connectivity index (χ4n) is 1.39. The van der Waals surface area contributed by atoms with Crippen molar-refractivity contribution in [1.29, 1.82) is 0 Å². The van der Waals surface area contributed by atoms with E-state index in [-0.39, 0.29) is 5.16 Å². The number of hydrogen-bond donors (Lipinski definition) is 0. The molecule has 2 aromatic heterocycles. The lowest BCUT2D eigenvalue weighted by molar-refractivity contribution is 0.591. The van der Waals surface area contributed by atoms with Crippen LogP contribution in [0.2, 0.25) is 0 Å². The monoisotopic (exact) mass is 272 g/mol. The van der Waals surface area contributed by atoms with Crippen molar-refractivity contribution in [3.63, 3.8) is 0 Å². The van der Waals surface area contributed by atoms with E-state index in [1.165, 1.54) is 4.57 Å². The van der Waals surface area contributed by atoms with Gasteiger partial charge in [0.15, 0.2) is 0 Å². The molecule has 0 saturated carbocycles. The van der Waals surface area contributed by atoms with Gasteiger partial charge in [-0.25, -0.2) is 8.42 Å². The maximum Gasteiger partial charge on any atom is 0.296 e. The summed E-state index contributed by atoms with van der Waals surface area (Å²) in [4.78, 5) is 3.89. The third-order valence-electron chi connectivity index (χ3n) is 2.25. The van der Waals surface area contributed by atoms with Crippen LogP contribution in [-0.4, -0.2) is 28.2 Å². The van der Waals surface area contributed by atoms with Crippen molar-refractivity contribution in [2.45, 2.75) is 11.6 Å². The quantitative estimate of drug-likeness (QED) is 0.770. The Kier molecular flexibility index (Phi) is 3.12. The summed E-state index contributed by atoms with van der Waals surface area (Å²) in [5.74, 6) is 0.524. The zero-order valence-electron chi connectivity index (χ0n) is 8.91. The molecule has 0 aromatic carbocycles. The minimum atomic E-state index is -3.86. The van der Waals surface area contributed by atoms with Crippen LogP contribution in [0.5, 0.6) is 0 Å². The first-order chi connectivity index (χ1) is 7.98. The Morgan fingerprint density at radius 2 is 1.94 bits per heavy atom. The molecule has 2 rings (SSSR count). The number of rotatable bonds is 3. The largest absolute Gasteiger partial charge is 0.304 e. The van der Waals surface area contributed by atoms with Crippen LogP contribution in [0.1, 0.15) is 11.4 Å². The third kappa shape index (κ3) is 2.62. The maximum absolute atomic E-state index is 11.2. The molecule has 0 spiro atoms. The highest BCUT2D eigenvalue weighted by atomic mass is 35.7. The average Bonchev–Trinajstić information content (AvgIpc) is 2.61. The van der Waals surface area contributed by atoms with Crippen LogP contribution in [0.25, 0.3) is 0 Å². The lowest BCUT2D eigenvalue weighted by atomic mass is 10.2. The van der Waals surface area contributed by atoms with Crippen LogP contribution in [0, 0.1) is 0 Å². The molecule has 0 aliphatic rings. The molecule has 8 heteroatoms. The molecule has 0 aliphatic heterocycles. The highest BCUT2D eigenvalue weighted by molar-refractivity contribution is 8.13. The van der Waals surface area contributed by atoms with Crippen molar-refractivity contribution in [1.82, 2.24) is 19.7 Å². The van der Waals surface area contributed by atoms with Crippen molar-refractivity contribution in [2.24, 2.45) is 7.05 Å². The van der Waals surface area contributed by atoms with E-state index < -0.39 is 9.05 Å². The third-order valence-corrected chi connectivity index (χ3v) is 3.46. The molecular weight excluding hydrogens is 264 g/mol. The lowest BCUT2D eigenvalue weighted by Gasteiger charge is -2.01. The van der Waals surface area contributed by atoms with Crippen LogP contribution in [-0.2, 0) is 22.5 Å². The number of hydrogen-bond acceptors (Lipinski definition) is 5. The van der Waals surface area contributed by atoms with Crippen LogP contribution in [0.15, 0.2) is 29.7 Å². The zero-order chi connectivity index (χ0) is 12.5. The van der Waals surface area contributed by atoms with Crippen molar-refractivity contribution < 1.29 is 8.42 Å². The SMILES string of the molecule is Cn1c(Cc2ccncc2)nnc1S(=O)(=O)Cl. The van der Waals surface area contributed by atoms with Gasteiger partial charge in [-0.15, -0.1) is 10.2 Å². The molecule has 0 atom stereocenters. The van der Waals surface area contributed by atoms with Crippen LogP contribution >= 0.6 is 10.7 Å². The lowest BCUT2D eigenvalue weighted by Crippen LogP contribution is -2.05. The Morgan fingerprint density at radius 3 is 2.47 bits per heavy atom. The standard InChI is InChI=1S/C9H9ClN4O2S/c1-14-8(6-7-2-4-11-5-3-7)12-13-9(14)17(10,15)16/h2-5H,6H2,1H3. The Labute approximate surface area is 103 Å². The summed E-state index contributed by atoms with van der Waals surface area (Å²) in [5, 5.41) is 7.12. The van der Waals surface area contributed by atoms with Gasteiger partial charge in [-0.2, -0.15) is 0 Å². The fraction of sp³-hybridized carbons (Fsp3) is 0.222. The van der Waals surface area contributed by atoms with E-state index in [2.05, 4.69) is 15.2 Å². The van der Waals surface area contributed by atoms with Gasteiger partial charge in [0.05, 0.1) is 0 Å². The zero-order valence-corrected chi connectivity index (χ0v) is 10.5. The molecule has 6 nitrogen and oxygen atoms in total. The number of pyridine rings is 1. The summed E-state index contributed by atoms with van der Waals surface area (Å²) in [5.41, 5.74) is 0.967. The summed E-state index contributed by atoms with van der Waals surface area (Å²) in [6, 6.07) is 3.65. The minimum absolute atomic E-state index is 0.247. The highest BCUT2D eigenvalue weighted by Crippen LogP contribution is 2.14. The molecule has 0 radical (unpaired) electrons. The Morgan fingerprint density at radius 1 is 1.29 bits per heavy atom. The summed E-state index contributed by atoms with van der Waals surface area (Å²) >= 11 is 0. The minimum Gasteiger partial charge on any atom is -0.304 e. The molecule has 0 amide bonds. The Balaban J connectivity index is 2.34. The van der Waals surface area contributed by atoms with E-state index in [1.54, 1.807) is 19.4 Å². The second-order valence-corrected chi connectivity index (χ2v) is 5.89. The van der Waals surface area contributed by atoms with Crippen LogP contribution in [0.3, 0.4) is 0 Å². The number of halogens is 1. The molecule has 0 unspecified atom stereocenters. The predicted molar refractivity (Wildman–Crippen MR) is 61.1 cm³/mol. The van der Waals surface area contributed by atoms with Crippen molar-refractivity contribution >= 4 is 19.7 Å². The molecule has 2 aromatic rings. The predicted octanol–water partition coefficient (Wildman–Crippen LogP) is 0.728. The van der Waals surface area contributed by atoms with Gasteiger partial charge in [-0.05, 0) is 17.7 Å². The van der Waals surface area contributed by atoms with Gasteiger partial charge in [-0.3, -0.25) is 4.98 Å². The van der Waals surface area contributed by atoms with E-state index in [0.29, 0.717) is 12.2 Å². The van der Waals surface area contributed by atoms with Gasteiger partial charge in [0.25, 0.3) is 14.2 Å². The van der Waals surface area contributed by atoms with Crippen molar-refractivity contribution in [2.75, 3.05) is 0 Å². The number of aromatic nitrogens is 4. The van der Waals surface area contributed by atoms with Gasteiger partial charge >= 0.3 is 0 Å². The van der Waals surface area contributed by atoms with Gasteiger partial charge in [0.2, 0.25) is 0 Å². The first-order valence-electron chi connectivity index (χ1n) is 4.70. The molecule has 2 heterocycles. The van der Waals surface area contributed by atoms with Gasteiger partial charge in [0.1, 0.15) is 5.82 Å². The van der Waals surface area contributed by atoms with Crippen LogP contribution < -0.4 is 0 Å². The summed E-state index contributed by atoms with van der Waals surface area (Å²) in [7, 11) is 2.92. The fourth-order valence-corrected chi connectivity index (χ4v) is 2.37. The van der Waals surface area contributed by atoms with Gasteiger partial charge in [0, 0.05) is 36.5 Å². The Bertz CT molecular complexity index is 624. The first kappa shape index (κ1) is 12.0. The molecule has 90 valence electrons. The van der Waals surface area contributed by atoms with E-state index >= 15 is 0 Å². The van der Waals surface area contributed by atoms with E-state index in [9.17, 15) is 8.42 Å². The summed E-state index contributed by atoms with van der Waals surface area (Å²) < 4.78 is 23.7. The highest BCUT2D eigenvalue weighted by Gasteiger charge is 2.20. The molecular formula is C9H9ClN4O2S. The molecule has 0 aliphatic carbocycles. The molecule has 0 bridgehead atoms. The molecule has 0 saturated heterocycles. The second kappa shape index (κ2) is 4.42. The van der Waals surface area contributed by atoms with E-state index in [1.807, 2.05) is 12.1 Å². The van der Waals surface area contributed by atoms with Crippen LogP contribution in [0.4, 0.5) is 0 Å². The van der Waals surface area contributed by atoms with Crippen molar-refractivity contribution in [3.8, 4) is 0 Å². The maximum atomic E-state index is 11.2. The molecule has 0 N–H and O–H groups in total. The van der Waals surface area contributed by atoms with Gasteiger partial charge < -0.3 is 4.57 Å². The van der Waals surface area contributed by atoms with Gasteiger partial charge in [-0.1, -0.05) is 0 Å². The van der Waals surface area contributed by atoms with E-state index in [4.69, 9.17) is 10.7 Å². The smallest absolute Gasteiger partial charge is 0.296 e. The van der Waals surface area contributed by atoms with E-state index in [0.717, 1.165) is 5.56 Å². The Hall–Kier alpha value is -1.47. The first-order valence-corrected chi connectivity index (χ1v) is 7.01. The second-order valence-electron chi connectivity index (χ2n) is 3.43. The number of nitrogens with zero attached hydrogens (tertiary/aromatic N) is 4. The normalized spacial score (nSPS) is 11.6. The average molecular weight is 273 g/mol. The molecule has 0 fully saturated rings. The van der Waals surface area contributed by atoms with Crippen molar-refractivity contribution in [3.05, 3.63) is 35.9 Å². The summed E-state index contributed by atoms with van der Waals surface area (Å²) in [6.07, 6.45) is 3.79. The molecule has 17 heavy (non-hydrogen) atoms. The topological polar surface area (TPSA) is 77.7 Å².